The summed E-state index contributed by atoms with van der Waals surface area (Å²) in [5.41, 5.74) is 7.19. The third-order valence-corrected chi connectivity index (χ3v) is 9.85. The molecule has 0 aromatic heterocycles. The lowest BCUT2D eigenvalue weighted by Gasteiger charge is -2.37. The monoisotopic (exact) mass is 622 g/mol. The molecule has 0 saturated carbocycles. The maximum Gasteiger partial charge on any atom is 0.204 e. The van der Waals surface area contributed by atoms with Crippen molar-refractivity contribution in [2.45, 2.75) is 37.8 Å². The molecule has 4 aromatic rings. The van der Waals surface area contributed by atoms with Gasteiger partial charge in [0.25, 0.3) is 0 Å². The van der Waals surface area contributed by atoms with Gasteiger partial charge in [-0.15, -0.1) is 0 Å². The van der Waals surface area contributed by atoms with Gasteiger partial charge in [-0.25, -0.2) is 0 Å². The van der Waals surface area contributed by atoms with Crippen LogP contribution in [-0.4, -0.2) is 65.4 Å². The summed E-state index contributed by atoms with van der Waals surface area (Å²) in [7, 11) is 11.1. The summed E-state index contributed by atoms with van der Waals surface area (Å²) in [6.45, 7) is 1.87. The van der Waals surface area contributed by atoms with E-state index in [0.29, 0.717) is 34.5 Å². The number of ether oxygens (including phenoxy) is 6. The largest absolute Gasteiger partial charge is 0.493 e. The first-order valence-electron chi connectivity index (χ1n) is 15.9. The van der Waals surface area contributed by atoms with Crippen LogP contribution in [0.5, 0.6) is 46.0 Å². The summed E-state index contributed by atoms with van der Waals surface area (Å²) in [5.74, 6) is 5.44. The van der Waals surface area contributed by atoms with E-state index < -0.39 is 0 Å². The molecule has 8 heteroatoms. The molecule has 4 heterocycles. The van der Waals surface area contributed by atoms with Crippen molar-refractivity contribution in [3.05, 3.63) is 94.0 Å². The predicted molar refractivity (Wildman–Crippen MR) is 178 cm³/mol. The van der Waals surface area contributed by atoms with Gasteiger partial charge in [-0.05, 0) is 110 Å². The highest BCUT2D eigenvalue weighted by atomic mass is 16.5. The molecule has 4 aromatic carbocycles. The van der Waals surface area contributed by atoms with E-state index in [4.69, 9.17) is 28.4 Å². The van der Waals surface area contributed by atoms with E-state index in [2.05, 4.69) is 78.5 Å². The summed E-state index contributed by atoms with van der Waals surface area (Å²) in [5, 5.41) is 0. The van der Waals surface area contributed by atoms with E-state index in [1.54, 1.807) is 28.4 Å². The Labute approximate surface area is 271 Å². The molecule has 0 radical (unpaired) electrons. The normalized spacial score (nSPS) is 19.2. The van der Waals surface area contributed by atoms with Crippen molar-refractivity contribution < 1.29 is 28.4 Å². The van der Waals surface area contributed by atoms with Crippen LogP contribution in [0, 0.1) is 0 Å². The molecule has 0 aliphatic carbocycles. The van der Waals surface area contributed by atoms with Crippen LogP contribution in [-0.2, 0) is 25.7 Å². The Hall–Kier alpha value is -4.40. The average molecular weight is 623 g/mol. The summed E-state index contributed by atoms with van der Waals surface area (Å²) < 4.78 is 36.9. The fourth-order valence-corrected chi connectivity index (χ4v) is 7.27. The zero-order valence-electron chi connectivity index (χ0n) is 27.5. The summed E-state index contributed by atoms with van der Waals surface area (Å²) >= 11 is 0. The van der Waals surface area contributed by atoms with Gasteiger partial charge in [0.2, 0.25) is 5.75 Å². The first-order chi connectivity index (χ1) is 22.4. The maximum absolute atomic E-state index is 6.77. The molecule has 0 amide bonds. The molecule has 8 nitrogen and oxygen atoms in total. The summed E-state index contributed by atoms with van der Waals surface area (Å²) in [6.07, 6.45) is 3.40. The van der Waals surface area contributed by atoms with Gasteiger partial charge in [0, 0.05) is 30.7 Å². The molecule has 46 heavy (non-hydrogen) atoms. The van der Waals surface area contributed by atoms with Crippen molar-refractivity contribution in [3.63, 3.8) is 0 Å². The minimum absolute atomic E-state index is 0.0209. The Morgan fingerprint density at radius 3 is 1.96 bits per heavy atom. The molecule has 0 saturated heterocycles. The quantitative estimate of drug-likeness (QED) is 0.238. The first kappa shape index (κ1) is 30.3. The summed E-state index contributed by atoms with van der Waals surface area (Å²) in [4.78, 5) is 4.81. The second-order valence-electron chi connectivity index (χ2n) is 12.5. The van der Waals surface area contributed by atoms with Crippen LogP contribution in [0.25, 0.3) is 0 Å². The van der Waals surface area contributed by atoms with Gasteiger partial charge >= 0.3 is 0 Å². The van der Waals surface area contributed by atoms with Crippen molar-refractivity contribution in [3.8, 4) is 46.0 Å². The van der Waals surface area contributed by atoms with Crippen LogP contribution < -0.4 is 28.4 Å². The highest BCUT2D eigenvalue weighted by Crippen LogP contribution is 2.50. The molecule has 2 atom stereocenters. The molecule has 4 aliphatic rings. The van der Waals surface area contributed by atoms with Gasteiger partial charge in [0.15, 0.2) is 34.5 Å². The Bertz CT molecular complexity index is 1750. The second kappa shape index (κ2) is 12.4. The molecule has 0 spiro atoms. The predicted octanol–water partition coefficient (Wildman–Crippen LogP) is 7.16. The number of hydrogen-bond acceptors (Lipinski definition) is 8. The molecular formula is C38H42N2O6. The fourth-order valence-electron chi connectivity index (χ4n) is 7.27. The van der Waals surface area contributed by atoms with Gasteiger partial charge in [-0.1, -0.05) is 18.2 Å². The Morgan fingerprint density at radius 1 is 0.609 bits per heavy atom. The van der Waals surface area contributed by atoms with Crippen LogP contribution in [0.4, 0.5) is 0 Å². The van der Waals surface area contributed by atoms with Gasteiger partial charge in [0.1, 0.15) is 5.75 Å². The molecule has 0 fully saturated rings. The van der Waals surface area contributed by atoms with Crippen molar-refractivity contribution >= 4 is 0 Å². The van der Waals surface area contributed by atoms with Gasteiger partial charge in [0.05, 0.1) is 28.4 Å². The van der Waals surface area contributed by atoms with Crippen LogP contribution in [0.2, 0.25) is 0 Å². The van der Waals surface area contributed by atoms with Crippen LogP contribution in [0.1, 0.15) is 45.5 Å². The average Bonchev–Trinajstić information content (AvgIpc) is 3.07. The number of likely N-dealkylation sites (N-methyl/N-ethyl adjacent to an activating group) is 2. The third kappa shape index (κ3) is 5.39. The molecule has 8 rings (SSSR count). The Morgan fingerprint density at radius 2 is 1.24 bits per heavy atom. The molecule has 6 bridgehead atoms. The van der Waals surface area contributed by atoms with E-state index in [9.17, 15) is 0 Å². The molecule has 240 valence electrons. The lowest BCUT2D eigenvalue weighted by molar-refractivity contribution is 0.221. The van der Waals surface area contributed by atoms with E-state index in [0.717, 1.165) is 61.4 Å². The number of fused-ring (bicyclic) bond motifs is 2. The number of benzene rings is 4. The van der Waals surface area contributed by atoms with Crippen molar-refractivity contribution in [1.82, 2.24) is 9.80 Å². The van der Waals surface area contributed by atoms with Gasteiger partial charge in [-0.2, -0.15) is 0 Å². The van der Waals surface area contributed by atoms with Crippen molar-refractivity contribution in [1.29, 1.82) is 0 Å². The standard InChI is InChI=1S/C38H42N2O6/c1-39-15-13-25-20-32(42-4)34-22-28(25)29(39)17-23-7-10-27(11-8-23)45-38-36-26(21-35(43-5)37(38)44-6)14-16-40(2)30(36)18-24-9-12-31(41-3)33(19-24)46-34/h7-12,19-22,29-30H,13-18H2,1-6H3. The number of nitrogens with zero attached hydrogens (tertiary/aromatic N) is 2. The van der Waals surface area contributed by atoms with Crippen molar-refractivity contribution in [2.24, 2.45) is 0 Å². The van der Waals surface area contributed by atoms with Crippen LogP contribution in [0.15, 0.2) is 60.7 Å². The number of methoxy groups -OCH3 is 4. The minimum atomic E-state index is 0.0209. The third-order valence-electron chi connectivity index (χ3n) is 9.85. The van der Waals surface area contributed by atoms with Crippen molar-refractivity contribution in [2.75, 3.05) is 55.6 Å². The van der Waals surface area contributed by atoms with Gasteiger partial charge in [-0.3, -0.25) is 9.80 Å². The Balaban J connectivity index is 1.43. The zero-order chi connectivity index (χ0) is 31.9. The summed E-state index contributed by atoms with van der Waals surface area (Å²) in [6, 6.07) is 21.3. The van der Waals surface area contributed by atoms with E-state index in [1.807, 2.05) is 6.07 Å². The topological polar surface area (TPSA) is 61.9 Å². The fraction of sp³-hybridized carbons (Fsp3) is 0.368. The van der Waals surface area contributed by atoms with Crippen LogP contribution in [0.3, 0.4) is 0 Å². The highest BCUT2D eigenvalue weighted by molar-refractivity contribution is 5.62. The van der Waals surface area contributed by atoms with E-state index in [1.165, 1.54) is 22.3 Å². The van der Waals surface area contributed by atoms with Gasteiger partial charge < -0.3 is 28.4 Å². The second-order valence-corrected chi connectivity index (χ2v) is 12.5. The number of hydrogen-bond donors (Lipinski definition) is 0. The lowest BCUT2D eigenvalue weighted by Crippen LogP contribution is -2.34. The number of rotatable bonds is 4. The highest BCUT2D eigenvalue weighted by Gasteiger charge is 2.34. The Kier molecular flexibility index (Phi) is 8.17. The zero-order valence-corrected chi connectivity index (χ0v) is 27.5. The molecule has 2 unspecified atom stereocenters. The lowest BCUT2D eigenvalue weighted by atomic mass is 9.87. The first-order valence-corrected chi connectivity index (χ1v) is 15.9. The van der Waals surface area contributed by atoms with Crippen LogP contribution >= 0.6 is 0 Å². The molecular weight excluding hydrogens is 580 g/mol. The smallest absolute Gasteiger partial charge is 0.204 e. The molecule has 0 N–H and O–H groups in total. The SMILES string of the molecule is COc1ccc2cc1Oc1cc3c(cc1OC)CCN(C)C3Cc1ccc(cc1)Oc1c(OC)c(OC)cc3c1C(C2)N(C)CC3. The maximum atomic E-state index is 6.77. The minimum Gasteiger partial charge on any atom is -0.493 e. The van der Waals surface area contributed by atoms with E-state index in [-0.39, 0.29) is 12.1 Å². The van der Waals surface area contributed by atoms with E-state index >= 15 is 0 Å². The molecule has 4 aliphatic heterocycles.